The van der Waals surface area contributed by atoms with Crippen LogP contribution in [0.1, 0.15) is 34.3 Å². The van der Waals surface area contributed by atoms with Crippen LogP contribution in [0.15, 0.2) is 55.0 Å². The van der Waals surface area contributed by atoms with Gasteiger partial charge >= 0.3 is 6.18 Å². The minimum Gasteiger partial charge on any atom is -0.438 e. The first-order valence-corrected chi connectivity index (χ1v) is 14.2. The van der Waals surface area contributed by atoms with Gasteiger partial charge in [-0.15, -0.1) is 0 Å². The molecule has 0 atom stereocenters. The molecule has 0 bridgehead atoms. The number of aryl methyl sites for hydroxylation is 1. The molecule has 2 aromatic carbocycles. The summed E-state index contributed by atoms with van der Waals surface area (Å²) in [5.41, 5.74) is -0.275. The number of ether oxygens (including phenoxy) is 1. The number of hydrogen-bond acceptors (Lipinski definition) is 9. The van der Waals surface area contributed by atoms with E-state index in [9.17, 15) is 18.0 Å². The summed E-state index contributed by atoms with van der Waals surface area (Å²) in [4.78, 5) is 34.3. The number of piperidine rings is 1. The van der Waals surface area contributed by atoms with Gasteiger partial charge in [-0.1, -0.05) is 0 Å². The number of carbonyl (C=O) groups is 1. The van der Waals surface area contributed by atoms with Gasteiger partial charge in [0, 0.05) is 26.3 Å². The largest absolute Gasteiger partial charge is 0.438 e. The van der Waals surface area contributed by atoms with E-state index >= 15 is 4.39 Å². The van der Waals surface area contributed by atoms with E-state index in [-0.39, 0.29) is 29.2 Å². The molecule has 0 radical (unpaired) electrons. The van der Waals surface area contributed by atoms with Crippen LogP contribution in [0.5, 0.6) is 11.6 Å². The van der Waals surface area contributed by atoms with Gasteiger partial charge in [-0.3, -0.25) is 4.79 Å². The number of pyridine rings is 1. The van der Waals surface area contributed by atoms with E-state index in [1.54, 1.807) is 33.2 Å². The smallest absolute Gasteiger partial charge is 0.416 e. The van der Waals surface area contributed by atoms with Crippen molar-refractivity contribution in [2.45, 2.75) is 32.0 Å². The number of halogens is 4. The third-order valence-electron chi connectivity index (χ3n) is 7.71. The SMILES string of the molecule is CNc1ncnc(-c2cccnc2Oc2cc(C(=O)Nc3cc(C(F)(F)F)ccc3N(C)C3CCN(C)CC3)c(F)cc2C)n1. The first-order chi connectivity index (χ1) is 21.4. The Kier molecular flexibility index (Phi) is 9.14. The Balaban J connectivity index is 1.47. The van der Waals surface area contributed by atoms with Crippen LogP contribution >= 0.6 is 0 Å². The number of anilines is 3. The van der Waals surface area contributed by atoms with Crippen LogP contribution in [-0.4, -0.2) is 71.0 Å². The van der Waals surface area contributed by atoms with Gasteiger partial charge in [-0.05, 0) is 87.9 Å². The zero-order valence-corrected chi connectivity index (χ0v) is 25.1. The van der Waals surface area contributed by atoms with Gasteiger partial charge < -0.3 is 25.2 Å². The Hall–Kier alpha value is -4.85. The van der Waals surface area contributed by atoms with Crippen LogP contribution in [0.3, 0.4) is 0 Å². The van der Waals surface area contributed by atoms with Gasteiger partial charge in [-0.25, -0.2) is 19.3 Å². The summed E-state index contributed by atoms with van der Waals surface area (Å²) >= 11 is 0. The molecule has 0 spiro atoms. The Morgan fingerprint density at radius 1 is 1.09 bits per heavy atom. The first kappa shape index (κ1) is 31.6. The maximum Gasteiger partial charge on any atom is 0.416 e. The highest BCUT2D eigenvalue weighted by molar-refractivity contribution is 6.06. The monoisotopic (exact) mass is 624 g/mol. The van der Waals surface area contributed by atoms with Crippen molar-refractivity contribution in [1.82, 2.24) is 24.8 Å². The highest BCUT2D eigenvalue weighted by Gasteiger charge is 2.32. The summed E-state index contributed by atoms with van der Waals surface area (Å²) in [6, 6.07) is 8.88. The summed E-state index contributed by atoms with van der Waals surface area (Å²) in [6.45, 7) is 3.25. The van der Waals surface area contributed by atoms with Gasteiger partial charge in [0.15, 0.2) is 5.82 Å². The molecular weight excluding hydrogens is 592 g/mol. The highest BCUT2D eigenvalue weighted by atomic mass is 19.4. The van der Waals surface area contributed by atoms with Gasteiger partial charge in [0.1, 0.15) is 17.9 Å². The van der Waals surface area contributed by atoms with Crippen molar-refractivity contribution < 1.29 is 27.1 Å². The third kappa shape index (κ3) is 7.11. The summed E-state index contributed by atoms with van der Waals surface area (Å²) < 4.78 is 62.4. The zero-order chi connectivity index (χ0) is 32.3. The molecular formula is C31H32F4N8O2. The average Bonchev–Trinajstić information content (AvgIpc) is 3.02. The lowest BCUT2D eigenvalue weighted by molar-refractivity contribution is -0.137. The lowest BCUT2D eigenvalue weighted by atomic mass is 10.0. The Morgan fingerprint density at radius 3 is 2.56 bits per heavy atom. The fraction of sp³-hybridized carbons (Fsp3) is 0.323. The molecule has 2 N–H and O–H groups in total. The molecule has 45 heavy (non-hydrogen) atoms. The fourth-order valence-corrected chi connectivity index (χ4v) is 5.12. The third-order valence-corrected chi connectivity index (χ3v) is 7.71. The molecule has 1 aliphatic rings. The molecule has 1 saturated heterocycles. The van der Waals surface area contributed by atoms with Crippen molar-refractivity contribution in [1.29, 1.82) is 0 Å². The number of likely N-dealkylation sites (tertiary alicyclic amines) is 1. The predicted octanol–water partition coefficient (Wildman–Crippen LogP) is 6.02. The first-order valence-electron chi connectivity index (χ1n) is 14.2. The molecule has 236 valence electrons. The van der Waals surface area contributed by atoms with Crippen LogP contribution in [0, 0.1) is 12.7 Å². The van der Waals surface area contributed by atoms with Gasteiger partial charge in [0.2, 0.25) is 11.8 Å². The number of rotatable bonds is 8. The van der Waals surface area contributed by atoms with E-state index in [2.05, 4.69) is 35.5 Å². The number of hydrogen-bond donors (Lipinski definition) is 2. The second-order valence-electron chi connectivity index (χ2n) is 10.8. The van der Waals surface area contributed by atoms with E-state index in [0.717, 1.165) is 44.1 Å². The van der Waals surface area contributed by atoms with Crippen molar-refractivity contribution in [3.8, 4) is 23.0 Å². The number of aromatic nitrogens is 4. The lowest BCUT2D eigenvalue weighted by Crippen LogP contribution is -2.42. The van der Waals surface area contributed by atoms with E-state index in [1.165, 1.54) is 24.7 Å². The van der Waals surface area contributed by atoms with E-state index < -0.39 is 29.0 Å². The summed E-state index contributed by atoms with van der Waals surface area (Å²) in [5.74, 6) is -1.02. The maximum atomic E-state index is 15.2. The molecule has 2 aromatic heterocycles. The van der Waals surface area contributed by atoms with Crippen molar-refractivity contribution in [2.75, 3.05) is 49.8 Å². The number of carbonyl (C=O) groups excluding carboxylic acids is 1. The van der Waals surface area contributed by atoms with Gasteiger partial charge in [0.05, 0.1) is 28.1 Å². The molecule has 10 nitrogen and oxygen atoms in total. The molecule has 0 unspecified atom stereocenters. The Labute approximate surface area is 257 Å². The van der Waals surface area contributed by atoms with E-state index in [4.69, 9.17) is 4.74 Å². The number of amides is 1. The van der Waals surface area contributed by atoms with Crippen molar-refractivity contribution in [2.24, 2.45) is 0 Å². The minimum atomic E-state index is -4.65. The second-order valence-corrected chi connectivity index (χ2v) is 10.8. The van der Waals surface area contributed by atoms with Crippen molar-refractivity contribution >= 4 is 23.2 Å². The van der Waals surface area contributed by atoms with E-state index in [0.29, 0.717) is 22.8 Å². The van der Waals surface area contributed by atoms with E-state index in [1.807, 2.05) is 11.9 Å². The molecule has 1 aliphatic heterocycles. The zero-order valence-electron chi connectivity index (χ0n) is 25.1. The molecule has 4 aromatic rings. The number of nitrogens with one attached hydrogen (secondary N) is 2. The summed E-state index contributed by atoms with van der Waals surface area (Å²) in [5, 5.41) is 5.36. The van der Waals surface area contributed by atoms with Crippen LogP contribution < -0.4 is 20.3 Å². The van der Waals surface area contributed by atoms with Crippen molar-refractivity contribution in [3.05, 3.63) is 77.5 Å². The van der Waals surface area contributed by atoms with Crippen LogP contribution in [0.4, 0.5) is 34.9 Å². The Morgan fingerprint density at radius 2 is 1.84 bits per heavy atom. The van der Waals surface area contributed by atoms with Crippen molar-refractivity contribution in [3.63, 3.8) is 0 Å². The quantitative estimate of drug-likeness (QED) is 0.228. The molecule has 1 amide bonds. The number of nitrogens with zero attached hydrogens (tertiary/aromatic N) is 6. The normalized spacial score (nSPS) is 14.2. The second kappa shape index (κ2) is 13.0. The van der Waals surface area contributed by atoms with Crippen LogP contribution in [0.2, 0.25) is 0 Å². The van der Waals surface area contributed by atoms with Gasteiger partial charge in [-0.2, -0.15) is 18.2 Å². The van der Waals surface area contributed by atoms with Crippen LogP contribution in [-0.2, 0) is 6.18 Å². The molecule has 1 fully saturated rings. The summed E-state index contributed by atoms with van der Waals surface area (Å²) in [6.07, 6.45) is -0.243. The van der Waals surface area contributed by atoms with Crippen LogP contribution in [0.25, 0.3) is 11.4 Å². The molecule has 0 saturated carbocycles. The lowest BCUT2D eigenvalue weighted by Gasteiger charge is -2.37. The average molecular weight is 625 g/mol. The number of benzene rings is 2. The Bertz CT molecular complexity index is 1690. The summed E-state index contributed by atoms with van der Waals surface area (Å²) in [7, 11) is 5.45. The minimum absolute atomic E-state index is 0.0471. The molecule has 14 heteroatoms. The number of alkyl halides is 3. The predicted molar refractivity (Wildman–Crippen MR) is 162 cm³/mol. The molecule has 5 rings (SSSR count). The highest BCUT2D eigenvalue weighted by Crippen LogP contribution is 2.38. The standard InChI is InChI=1S/C31H32F4N8O2/c1-18-14-23(32)22(16-26(18)45-29-21(6-5-11-37-29)27-38-17-39-30(36-2)41-27)28(44)40-24-15-19(31(33,34)35)7-8-25(24)43(4)20-9-12-42(3)13-10-20/h5-8,11,14-17,20H,9-10,12-13H2,1-4H3,(H,40,44)(H,36,38,39,41). The molecule has 0 aliphatic carbocycles. The molecule has 3 heterocycles. The van der Waals surface area contributed by atoms with Gasteiger partial charge in [0.25, 0.3) is 5.91 Å². The fourth-order valence-electron chi connectivity index (χ4n) is 5.12. The topological polar surface area (TPSA) is 108 Å². The maximum absolute atomic E-state index is 15.2.